The zero-order valence-electron chi connectivity index (χ0n) is 18.1. The highest BCUT2D eigenvalue weighted by Crippen LogP contribution is 2.33. The Morgan fingerprint density at radius 2 is 1.71 bits per heavy atom. The van der Waals surface area contributed by atoms with Crippen molar-refractivity contribution in [2.75, 3.05) is 7.11 Å². The summed E-state index contributed by atoms with van der Waals surface area (Å²) in [4.78, 5) is 23.8. The Morgan fingerprint density at radius 1 is 1.06 bits per heavy atom. The number of aryl methyl sites for hydroxylation is 3. The first-order valence-corrected chi connectivity index (χ1v) is 9.60. The van der Waals surface area contributed by atoms with Crippen molar-refractivity contribution in [1.29, 1.82) is 0 Å². The Morgan fingerprint density at radius 3 is 2.32 bits per heavy atom. The molecule has 0 aliphatic carbocycles. The molecule has 31 heavy (non-hydrogen) atoms. The number of nitrogens with zero attached hydrogens (tertiary/aromatic N) is 3. The van der Waals surface area contributed by atoms with Gasteiger partial charge in [-0.25, -0.2) is 10.2 Å². The molecule has 8 heteroatoms. The van der Waals surface area contributed by atoms with E-state index in [1.807, 2.05) is 32.0 Å². The molecule has 3 rings (SSSR count). The van der Waals surface area contributed by atoms with E-state index in [2.05, 4.69) is 20.4 Å². The van der Waals surface area contributed by atoms with Crippen LogP contribution in [0.4, 0.5) is 0 Å². The Hall–Kier alpha value is -3.94. The minimum Gasteiger partial charge on any atom is -0.504 e. The highest BCUT2D eigenvalue weighted by molar-refractivity contribution is 6.02. The number of benzene rings is 2. The van der Waals surface area contributed by atoms with Crippen molar-refractivity contribution in [3.63, 3.8) is 0 Å². The second kappa shape index (κ2) is 8.83. The van der Waals surface area contributed by atoms with Crippen LogP contribution in [0.5, 0.6) is 5.75 Å². The highest BCUT2D eigenvalue weighted by Gasteiger charge is 2.19. The minimum atomic E-state index is -0.481. The first kappa shape index (κ1) is 21.8. The molecule has 0 atom stereocenters. The van der Waals surface area contributed by atoms with Crippen molar-refractivity contribution >= 4 is 17.6 Å². The quantitative estimate of drug-likeness (QED) is 0.374. The summed E-state index contributed by atoms with van der Waals surface area (Å²) in [5, 5.41) is 19.2. The number of hydrogen-bond acceptors (Lipinski definition) is 6. The van der Waals surface area contributed by atoms with Crippen molar-refractivity contribution in [2.24, 2.45) is 12.1 Å². The van der Waals surface area contributed by atoms with E-state index in [9.17, 15) is 14.7 Å². The molecular formula is C23H24N4O4. The van der Waals surface area contributed by atoms with E-state index in [-0.39, 0.29) is 11.4 Å². The van der Waals surface area contributed by atoms with Crippen LogP contribution in [0.25, 0.3) is 11.3 Å². The summed E-state index contributed by atoms with van der Waals surface area (Å²) in [7, 11) is 3.03. The molecular weight excluding hydrogens is 396 g/mol. The molecule has 0 radical (unpaired) electrons. The van der Waals surface area contributed by atoms with Crippen LogP contribution in [0.15, 0.2) is 47.6 Å². The summed E-state index contributed by atoms with van der Waals surface area (Å²) >= 11 is 0. The van der Waals surface area contributed by atoms with Crippen molar-refractivity contribution in [2.45, 2.75) is 20.8 Å². The summed E-state index contributed by atoms with van der Waals surface area (Å²) in [6, 6.07) is 11.9. The molecule has 160 valence electrons. The molecule has 0 saturated heterocycles. The standard InChI is InChI=1S/C23H24N4O4/c1-13-6-7-18(12-14(13)2)20-21(28)19(26-27(20)4)15(3)24-25-22(29)16-8-10-17(11-9-16)23(30)31-5/h6-12,28H,1-5H3,(H,25,29)/b24-15-. The number of rotatable bonds is 5. The number of amides is 1. The third kappa shape index (κ3) is 4.48. The monoisotopic (exact) mass is 420 g/mol. The van der Waals surface area contributed by atoms with Gasteiger partial charge < -0.3 is 9.84 Å². The summed E-state index contributed by atoms with van der Waals surface area (Å²) < 4.78 is 6.22. The lowest BCUT2D eigenvalue weighted by molar-refractivity contribution is 0.0600. The molecule has 1 aromatic heterocycles. The van der Waals surface area contributed by atoms with E-state index < -0.39 is 11.9 Å². The molecule has 0 fully saturated rings. The van der Waals surface area contributed by atoms with Crippen molar-refractivity contribution in [3.05, 3.63) is 70.4 Å². The number of methoxy groups -OCH3 is 1. The maximum absolute atomic E-state index is 12.4. The van der Waals surface area contributed by atoms with Gasteiger partial charge in [-0.05, 0) is 62.2 Å². The fourth-order valence-corrected chi connectivity index (χ4v) is 3.10. The normalized spacial score (nSPS) is 11.3. The molecule has 1 heterocycles. The van der Waals surface area contributed by atoms with E-state index in [0.29, 0.717) is 22.5 Å². The molecule has 2 N–H and O–H groups in total. The van der Waals surface area contributed by atoms with Gasteiger partial charge in [0.2, 0.25) is 0 Å². The number of esters is 1. The smallest absolute Gasteiger partial charge is 0.337 e. The molecule has 0 spiro atoms. The Kier molecular flexibility index (Phi) is 6.20. The van der Waals surface area contributed by atoms with Gasteiger partial charge in [0.25, 0.3) is 5.91 Å². The summed E-state index contributed by atoms with van der Waals surface area (Å²) in [5.74, 6) is -0.949. The van der Waals surface area contributed by atoms with Crippen molar-refractivity contribution < 1.29 is 19.4 Å². The number of hydrazone groups is 1. The van der Waals surface area contributed by atoms with Crippen LogP contribution >= 0.6 is 0 Å². The number of carbonyl (C=O) groups excluding carboxylic acids is 2. The first-order chi connectivity index (χ1) is 14.7. The SMILES string of the molecule is COC(=O)c1ccc(C(=O)N/N=C(/C)c2nn(C)c(-c3ccc(C)c(C)c3)c2O)cc1. The lowest BCUT2D eigenvalue weighted by atomic mass is 10.0. The van der Waals surface area contributed by atoms with Gasteiger partial charge in [-0.15, -0.1) is 0 Å². The van der Waals surface area contributed by atoms with Crippen LogP contribution in [-0.4, -0.2) is 39.6 Å². The van der Waals surface area contributed by atoms with E-state index >= 15 is 0 Å². The number of hydrogen-bond donors (Lipinski definition) is 2. The van der Waals surface area contributed by atoms with Gasteiger partial charge in [0.15, 0.2) is 11.4 Å². The fourth-order valence-electron chi connectivity index (χ4n) is 3.10. The Labute approximate surface area is 180 Å². The van der Waals surface area contributed by atoms with Crippen molar-refractivity contribution in [3.8, 4) is 17.0 Å². The molecule has 0 unspecified atom stereocenters. The zero-order chi connectivity index (χ0) is 22.7. The molecule has 0 bridgehead atoms. The number of aromatic hydroxyl groups is 1. The van der Waals surface area contributed by atoms with E-state index in [1.165, 1.54) is 31.4 Å². The number of aromatic nitrogens is 2. The van der Waals surface area contributed by atoms with Gasteiger partial charge in [-0.2, -0.15) is 10.2 Å². The van der Waals surface area contributed by atoms with Crippen LogP contribution in [0.1, 0.15) is 44.5 Å². The van der Waals surface area contributed by atoms with Gasteiger partial charge in [0, 0.05) is 18.2 Å². The highest BCUT2D eigenvalue weighted by atomic mass is 16.5. The van der Waals surface area contributed by atoms with Gasteiger partial charge in [-0.3, -0.25) is 9.48 Å². The number of carbonyl (C=O) groups is 2. The maximum atomic E-state index is 12.4. The molecule has 0 aliphatic heterocycles. The Bertz CT molecular complexity index is 1180. The maximum Gasteiger partial charge on any atom is 0.337 e. The van der Waals surface area contributed by atoms with Gasteiger partial charge in [-0.1, -0.05) is 12.1 Å². The average molecular weight is 420 g/mol. The molecule has 0 aliphatic rings. The van der Waals surface area contributed by atoms with E-state index in [1.54, 1.807) is 18.7 Å². The summed E-state index contributed by atoms with van der Waals surface area (Å²) in [6.07, 6.45) is 0. The number of nitrogens with one attached hydrogen (secondary N) is 1. The first-order valence-electron chi connectivity index (χ1n) is 9.60. The van der Waals surface area contributed by atoms with Crippen LogP contribution < -0.4 is 5.43 Å². The fraction of sp³-hybridized carbons (Fsp3) is 0.217. The van der Waals surface area contributed by atoms with Gasteiger partial charge in [0.05, 0.1) is 18.4 Å². The van der Waals surface area contributed by atoms with Gasteiger partial charge >= 0.3 is 5.97 Å². The summed E-state index contributed by atoms with van der Waals surface area (Å²) in [6.45, 7) is 5.68. The second-order valence-corrected chi connectivity index (χ2v) is 7.18. The van der Waals surface area contributed by atoms with Crippen LogP contribution in [0.3, 0.4) is 0 Å². The largest absolute Gasteiger partial charge is 0.504 e. The molecule has 1 amide bonds. The zero-order valence-corrected chi connectivity index (χ0v) is 18.1. The minimum absolute atomic E-state index is 0.0105. The van der Waals surface area contributed by atoms with Crippen molar-refractivity contribution in [1.82, 2.24) is 15.2 Å². The Balaban J connectivity index is 1.81. The molecule has 3 aromatic rings. The van der Waals surface area contributed by atoms with Crippen LogP contribution in [-0.2, 0) is 11.8 Å². The van der Waals surface area contributed by atoms with Crippen LogP contribution in [0.2, 0.25) is 0 Å². The molecule has 8 nitrogen and oxygen atoms in total. The average Bonchev–Trinajstić information content (AvgIpc) is 3.07. The summed E-state index contributed by atoms with van der Waals surface area (Å²) in [5.41, 5.74) is 7.41. The third-order valence-corrected chi connectivity index (χ3v) is 5.04. The van der Waals surface area contributed by atoms with Gasteiger partial charge in [0.1, 0.15) is 5.69 Å². The third-order valence-electron chi connectivity index (χ3n) is 5.04. The topological polar surface area (TPSA) is 106 Å². The predicted octanol–water partition coefficient (Wildman–Crippen LogP) is 3.35. The lowest BCUT2D eigenvalue weighted by Crippen LogP contribution is -2.19. The molecule has 2 aromatic carbocycles. The lowest BCUT2D eigenvalue weighted by Gasteiger charge is -2.06. The van der Waals surface area contributed by atoms with E-state index in [4.69, 9.17) is 0 Å². The van der Waals surface area contributed by atoms with E-state index in [0.717, 1.165) is 16.7 Å². The van der Waals surface area contributed by atoms with Crippen LogP contribution in [0, 0.1) is 13.8 Å². The number of ether oxygens (including phenoxy) is 1. The molecule has 0 saturated carbocycles. The second-order valence-electron chi connectivity index (χ2n) is 7.18. The predicted molar refractivity (Wildman–Crippen MR) is 117 cm³/mol.